The van der Waals surface area contributed by atoms with Crippen LogP contribution in [0.2, 0.25) is 0 Å². The molecule has 202 valence electrons. The number of amides is 1. The number of rotatable bonds is 6. The smallest absolute Gasteiger partial charge is 0.459 e. The standard InChI is InChI=1S/C30H38BNO6/c1-28(2,3)36-27(34)32-25(26(33)35-18-19-10-8-7-9-11-19)20-12-14-22(15-13-20)31-37-24-17-21-16-23(29(21,4)5)30(24,6)38-31/h7-15,21,23-25H,16-18H2,1-6H3,(H,32,34)/t21-,23-,24?,25?,30-/m0/s1. The largest absolute Gasteiger partial charge is 0.494 e. The molecule has 6 rings (SSSR count). The number of nitrogens with one attached hydrogen (secondary N) is 1. The van der Waals surface area contributed by atoms with Crippen molar-refractivity contribution >= 4 is 24.6 Å². The predicted octanol–water partition coefficient (Wildman–Crippen LogP) is 4.93. The number of carbonyl (C=O) groups is 2. The van der Waals surface area contributed by atoms with Gasteiger partial charge in [-0.1, -0.05) is 68.4 Å². The molecule has 38 heavy (non-hydrogen) atoms. The molecule has 2 aromatic carbocycles. The first-order valence-corrected chi connectivity index (χ1v) is 13.5. The van der Waals surface area contributed by atoms with Crippen molar-refractivity contribution in [3.63, 3.8) is 0 Å². The summed E-state index contributed by atoms with van der Waals surface area (Å²) in [6.45, 7) is 12.3. The molecule has 1 aliphatic heterocycles. The van der Waals surface area contributed by atoms with Crippen LogP contribution in [-0.4, -0.2) is 36.5 Å². The normalized spacial score (nSPS) is 28.1. The van der Waals surface area contributed by atoms with E-state index in [1.165, 1.54) is 6.42 Å². The molecular formula is C30H38BNO6. The van der Waals surface area contributed by atoms with E-state index >= 15 is 0 Å². The average molecular weight is 519 g/mol. The van der Waals surface area contributed by atoms with Crippen LogP contribution in [0, 0.1) is 17.3 Å². The first kappa shape index (κ1) is 26.8. The Morgan fingerprint density at radius 3 is 2.37 bits per heavy atom. The first-order chi connectivity index (χ1) is 17.9. The van der Waals surface area contributed by atoms with Gasteiger partial charge in [-0.25, -0.2) is 9.59 Å². The van der Waals surface area contributed by atoms with Crippen molar-refractivity contribution in [3.05, 3.63) is 65.7 Å². The molecule has 3 aliphatic carbocycles. The Morgan fingerprint density at radius 1 is 1.05 bits per heavy atom. The van der Waals surface area contributed by atoms with Gasteiger partial charge in [0.25, 0.3) is 0 Å². The maximum atomic E-state index is 13.1. The van der Waals surface area contributed by atoms with E-state index in [1.54, 1.807) is 20.8 Å². The number of ether oxygens (including phenoxy) is 2. The third kappa shape index (κ3) is 5.08. The highest BCUT2D eigenvalue weighted by Crippen LogP contribution is 2.65. The van der Waals surface area contributed by atoms with Crippen molar-refractivity contribution in [2.75, 3.05) is 0 Å². The Balaban J connectivity index is 1.31. The summed E-state index contributed by atoms with van der Waals surface area (Å²) in [6.07, 6.45) is 1.60. The molecule has 1 N–H and O–H groups in total. The molecular weight excluding hydrogens is 481 g/mol. The van der Waals surface area contributed by atoms with Gasteiger partial charge < -0.3 is 24.1 Å². The van der Waals surface area contributed by atoms with Crippen molar-refractivity contribution in [1.29, 1.82) is 0 Å². The zero-order valence-corrected chi connectivity index (χ0v) is 23.2. The minimum Gasteiger partial charge on any atom is -0.459 e. The van der Waals surface area contributed by atoms with Crippen molar-refractivity contribution in [3.8, 4) is 0 Å². The number of carbonyl (C=O) groups excluding carboxylic acids is 2. The van der Waals surface area contributed by atoms with Crippen LogP contribution < -0.4 is 10.8 Å². The van der Waals surface area contributed by atoms with E-state index < -0.39 is 30.8 Å². The highest BCUT2D eigenvalue weighted by atomic mass is 16.7. The van der Waals surface area contributed by atoms with E-state index in [9.17, 15) is 9.59 Å². The second-order valence-electron chi connectivity index (χ2n) is 12.6. The van der Waals surface area contributed by atoms with Crippen LogP contribution >= 0.6 is 0 Å². The van der Waals surface area contributed by atoms with Crippen LogP contribution in [0.5, 0.6) is 0 Å². The van der Waals surface area contributed by atoms with E-state index in [-0.39, 0.29) is 23.7 Å². The van der Waals surface area contributed by atoms with Gasteiger partial charge in [-0.15, -0.1) is 0 Å². The summed E-state index contributed by atoms with van der Waals surface area (Å²) in [7, 11) is -0.462. The molecule has 1 saturated heterocycles. The van der Waals surface area contributed by atoms with Gasteiger partial charge in [0.05, 0.1) is 11.7 Å². The molecule has 1 amide bonds. The molecule has 4 fully saturated rings. The molecule has 1 heterocycles. The molecule has 5 atom stereocenters. The van der Waals surface area contributed by atoms with Crippen molar-refractivity contribution in [2.24, 2.45) is 17.3 Å². The summed E-state index contributed by atoms with van der Waals surface area (Å²) >= 11 is 0. The number of benzene rings is 2. The third-order valence-electron chi connectivity index (χ3n) is 8.61. The Morgan fingerprint density at radius 2 is 1.74 bits per heavy atom. The van der Waals surface area contributed by atoms with Gasteiger partial charge >= 0.3 is 19.2 Å². The van der Waals surface area contributed by atoms with Crippen molar-refractivity contribution in [1.82, 2.24) is 5.32 Å². The topological polar surface area (TPSA) is 83.1 Å². The molecule has 4 aliphatic rings. The maximum Gasteiger partial charge on any atom is 0.494 e. The Labute approximate surface area is 225 Å². The van der Waals surface area contributed by atoms with Gasteiger partial charge in [0.1, 0.15) is 12.2 Å². The summed E-state index contributed by atoms with van der Waals surface area (Å²) in [4.78, 5) is 25.7. The molecule has 3 saturated carbocycles. The van der Waals surface area contributed by atoms with Crippen LogP contribution in [0.25, 0.3) is 0 Å². The number of hydrogen-bond acceptors (Lipinski definition) is 6. The molecule has 0 aromatic heterocycles. The molecule has 7 nitrogen and oxygen atoms in total. The van der Waals surface area contributed by atoms with E-state index in [0.29, 0.717) is 17.4 Å². The van der Waals surface area contributed by atoms with E-state index in [1.807, 2.05) is 54.6 Å². The van der Waals surface area contributed by atoms with Crippen LogP contribution in [0.4, 0.5) is 4.79 Å². The highest BCUT2D eigenvalue weighted by molar-refractivity contribution is 6.62. The fourth-order valence-corrected chi connectivity index (χ4v) is 6.37. The summed E-state index contributed by atoms with van der Waals surface area (Å²) in [5.41, 5.74) is 1.60. The fourth-order valence-electron chi connectivity index (χ4n) is 6.37. The molecule has 2 bridgehead atoms. The average Bonchev–Trinajstić information content (AvgIpc) is 3.22. The number of alkyl carbamates (subject to hydrolysis) is 1. The fraction of sp³-hybridized carbons (Fsp3) is 0.533. The molecule has 0 spiro atoms. The number of esters is 1. The van der Waals surface area contributed by atoms with E-state index in [0.717, 1.165) is 17.4 Å². The van der Waals surface area contributed by atoms with Gasteiger partial charge in [-0.2, -0.15) is 0 Å². The summed E-state index contributed by atoms with van der Waals surface area (Å²) in [5.74, 6) is 0.586. The van der Waals surface area contributed by atoms with Crippen LogP contribution in [-0.2, 0) is 30.2 Å². The van der Waals surface area contributed by atoms with E-state index in [2.05, 4.69) is 26.1 Å². The minimum absolute atomic E-state index is 0.0819. The van der Waals surface area contributed by atoms with Gasteiger partial charge in [-0.05, 0) is 74.4 Å². The van der Waals surface area contributed by atoms with Gasteiger partial charge in [0.15, 0.2) is 6.04 Å². The zero-order valence-electron chi connectivity index (χ0n) is 23.2. The lowest BCUT2D eigenvalue weighted by molar-refractivity contribution is -0.199. The predicted molar refractivity (Wildman–Crippen MR) is 145 cm³/mol. The number of hydrogen-bond donors (Lipinski definition) is 1. The Hall–Kier alpha value is -2.84. The summed E-state index contributed by atoms with van der Waals surface area (Å²) in [5, 5.41) is 2.68. The molecule has 8 heteroatoms. The second kappa shape index (κ2) is 9.72. The quantitative estimate of drug-likeness (QED) is 0.431. The SMILES string of the molecule is CC(C)(C)OC(=O)NC(C(=O)OCc1ccccc1)c1ccc(B2OC3C[C@@H]4C[C@@H](C4(C)C)[C@]3(C)O2)cc1. The lowest BCUT2D eigenvalue weighted by atomic mass is 9.43. The van der Waals surface area contributed by atoms with Gasteiger partial charge in [0, 0.05) is 0 Å². The Kier molecular flexibility index (Phi) is 6.85. The highest BCUT2D eigenvalue weighted by Gasteiger charge is 2.68. The first-order valence-electron chi connectivity index (χ1n) is 13.5. The van der Waals surface area contributed by atoms with Gasteiger partial charge in [0.2, 0.25) is 0 Å². The van der Waals surface area contributed by atoms with Crippen LogP contribution in [0.3, 0.4) is 0 Å². The molecule has 2 aromatic rings. The van der Waals surface area contributed by atoms with Crippen molar-refractivity contribution < 1.29 is 28.4 Å². The second-order valence-corrected chi connectivity index (χ2v) is 12.6. The Bertz CT molecular complexity index is 1180. The summed E-state index contributed by atoms with van der Waals surface area (Å²) in [6, 6.07) is 15.8. The molecule has 0 radical (unpaired) electrons. The maximum absolute atomic E-state index is 13.1. The summed E-state index contributed by atoms with van der Waals surface area (Å²) < 4.78 is 23.9. The zero-order chi connectivity index (χ0) is 27.3. The van der Waals surface area contributed by atoms with Crippen molar-refractivity contribution in [2.45, 2.75) is 84.3 Å². The lowest BCUT2D eigenvalue weighted by Gasteiger charge is -2.64. The van der Waals surface area contributed by atoms with Gasteiger partial charge in [-0.3, -0.25) is 0 Å². The minimum atomic E-state index is -1.03. The monoisotopic (exact) mass is 519 g/mol. The van der Waals surface area contributed by atoms with E-state index in [4.69, 9.17) is 18.8 Å². The third-order valence-corrected chi connectivity index (χ3v) is 8.61. The lowest BCUT2D eigenvalue weighted by Crippen LogP contribution is -2.65. The van der Waals surface area contributed by atoms with Crippen LogP contribution in [0.1, 0.15) is 71.6 Å². The van der Waals surface area contributed by atoms with Crippen LogP contribution in [0.15, 0.2) is 54.6 Å². The molecule has 2 unspecified atom stereocenters.